The first-order chi connectivity index (χ1) is 8.04. The molecular weight excluding hydrogens is 220 g/mol. The normalized spacial score (nSPS) is 11.9. The predicted molar refractivity (Wildman–Crippen MR) is 64.6 cm³/mol. The topological polar surface area (TPSA) is 60.4 Å². The Morgan fingerprint density at radius 3 is 2.18 bits per heavy atom. The molecule has 0 aromatic carbocycles. The van der Waals surface area contributed by atoms with Crippen LogP contribution in [-0.2, 0) is 19.1 Å². The van der Waals surface area contributed by atoms with Crippen LogP contribution >= 0.6 is 0 Å². The summed E-state index contributed by atoms with van der Waals surface area (Å²) >= 11 is 0. The smallest absolute Gasteiger partial charge is 0.305 e. The number of hydrogen-bond acceptors (Lipinski definition) is 4. The van der Waals surface area contributed by atoms with Crippen LogP contribution in [0.5, 0.6) is 0 Å². The lowest BCUT2D eigenvalue weighted by atomic mass is 9.91. The minimum Gasteiger partial charge on any atom is -0.469 e. The molecule has 98 valence electrons. The van der Waals surface area contributed by atoms with Gasteiger partial charge in [-0.3, -0.25) is 14.4 Å². The third-order valence-electron chi connectivity index (χ3n) is 2.79. The van der Waals surface area contributed by atoms with Gasteiger partial charge in [0.2, 0.25) is 0 Å². The summed E-state index contributed by atoms with van der Waals surface area (Å²) in [5.74, 6) is -0.776. The highest BCUT2D eigenvalue weighted by Gasteiger charge is 2.18. The number of esters is 1. The first-order valence-corrected chi connectivity index (χ1v) is 6.17. The first-order valence-electron chi connectivity index (χ1n) is 6.17. The third kappa shape index (κ3) is 6.87. The summed E-state index contributed by atoms with van der Waals surface area (Å²) in [6, 6.07) is 0. The van der Waals surface area contributed by atoms with Crippen molar-refractivity contribution in [3.05, 3.63) is 0 Å². The molecule has 0 saturated heterocycles. The zero-order valence-corrected chi connectivity index (χ0v) is 11.0. The Labute approximate surface area is 103 Å². The van der Waals surface area contributed by atoms with E-state index < -0.39 is 0 Å². The molecule has 0 radical (unpaired) electrons. The van der Waals surface area contributed by atoms with Crippen LogP contribution in [0.4, 0.5) is 0 Å². The molecule has 0 aromatic heterocycles. The fourth-order valence-corrected chi connectivity index (χ4v) is 1.75. The standard InChI is InChI=1S/C13H22O4/c1-4-6-10(7-8-13(16)17-3)9-12(15)11(14)5-2/h10H,4-9H2,1-3H3/t10-/m0/s1. The molecule has 0 saturated carbocycles. The molecule has 1 atom stereocenters. The summed E-state index contributed by atoms with van der Waals surface area (Å²) in [4.78, 5) is 33.7. The number of ether oxygens (including phenoxy) is 1. The molecule has 0 aliphatic carbocycles. The quantitative estimate of drug-likeness (QED) is 0.460. The van der Waals surface area contributed by atoms with E-state index in [1.54, 1.807) is 6.92 Å². The van der Waals surface area contributed by atoms with Crippen molar-refractivity contribution in [2.24, 2.45) is 5.92 Å². The largest absolute Gasteiger partial charge is 0.469 e. The van der Waals surface area contributed by atoms with Crippen molar-refractivity contribution < 1.29 is 19.1 Å². The van der Waals surface area contributed by atoms with Crippen LogP contribution < -0.4 is 0 Å². The van der Waals surface area contributed by atoms with Gasteiger partial charge < -0.3 is 4.74 Å². The lowest BCUT2D eigenvalue weighted by Gasteiger charge is -2.13. The highest BCUT2D eigenvalue weighted by Crippen LogP contribution is 2.18. The number of Topliss-reactive ketones (excluding diaryl/α,β-unsaturated/α-hetero) is 2. The predicted octanol–water partition coefficient (Wildman–Crippen LogP) is 2.29. The van der Waals surface area contributed by atoms with Gasteiger partial charge in [0, 0.05) is 19.3 Å². The monoisotopic (exact) mass is 242 g/mol. The van der Waals surface area contributed by atoms with Gasteiger partial charge in [-0.05, 0) is 12.3 Å². The Hall–Kier alpha value is -1.19. The molecule has 0 aromatic rings. The average molecular weight is 242 g/mol. The lowest BCUT2D eigenvalue weighted by Crippen LogP contribution is -2.18. The van der Waals surface area contributed by atoms with Crippen molar-refractivity contribution in [3.8, 4) is 0 Å². The maximum Gasteiger partial charge on any atom is 0.305 e. The summed E-state index contributed by atoms with van der Waals surface area (Å²) in [7, 11) is 1.35. The van der Waals surface area contributed by atoms with Crippen LogP contribution in [-0.4, -0.2) is 24.6 Å². The van der Waals surface area contributed by atoms with E-state index in [2.05, 4.69) is 4.74 Å². The van der Waals surface area contributed by atoms with Crippen LogP contribution in [0.3, 0.4) is 0 Å². The summed E-state index contributed by atoms with van der Waals surface area (Å²) in [6.07, 6.45) is 3.25. The van der Waals surface area contributed by atoms with E-state index in [1.807, 2.05) is 6.92 Å². The SMILES string of the molecule is CCC[C@@H](CCC(=O)OC)CC(=O)C(=O)CC. The van der Waals surface area contributed by atoms with E-state index in [0.717, 1.165) is 12.8 Å². The van der Waals surface area contributed by atoms with E-state index in [9.17, 15) is 14.4 Å². The molecular formula is C13H22O4. The van der Waals surface area contributed by atoms with Crippen molar-refractivity contribution >= 4 is 17.5 Å². The number of carbonyl (C=O) groups excluding carboxylic acids is 3. The van der Waals surface area contributed by atoms with Gasteiger partial charge in [-0.2, -0.15) is 0 Å². The first kappa shape index (κ1) is 15.8. The number of carbonyl (C=O) groups is 3. The molecule has 0 aliphatic heterocycles. The lowest BCUT2D eigenvalue weighted by molar-refractivity contribution is -0.141. The number of methoxy groups -OCH3 is 1. The van der Waals surface area contributed by atoms with Crippen LogP contribution in [0.2, 0.25) is 0 Å². The highest BCUT2D eigenvalue weighted by atomic mass is 16.5. The van der Waals surface area contributed by atoms with Crippen LogP contribution in [0, 0.1) is 5.92 Å². The minimum absolute atomic E-state index is 0.113. The van der Waals surface area contributed by atoms with Gasteiger partial charge in [0.1, 0.15) is 0 Å². The highest BCUT2D eigenvalue weighted by molar-refractivity contribution is 6.37. The second-order valence-electron chi connectivity index (χ2n) is 4.17. The molecule has 0 unspecified atom stereocenters. The molecule has 0 heterocycles. The molecule has 0 spiro atoms. The Bertz CT molecular complexity index is 271. The average Bonchev–Trinajstić information content (AvgIpc) is 2.34. The number of rotatable bonds is 9. The summed E-state index contributed by atoms with van der Waals surface area (Å²) in [5.41, 5.74) is 0. The maximum absolute atomic E-state index is 11.5. The molecule has 4 nitrogen and oxygen atoms in total. The molecule has 4 heteroatoms. The third-order valence-corrected chi connectivity index (χ3v) is 2.79. The van der Waals surface area contributed by atoms with Crippen molar-refractivity contribution in [1.82, 2.24) is 0 Å². The molecule has 0 fully saturated rings. The van der Waals surface area contributed by atoms with E-state index in [1.165, 1.54) is 7.11 Å². The van der Waals surface area contributed by atoms with Crippen molar-refractivity contribution in [1.29, 1.82) is 0 Å². The van der Waals surface area contributed by atoms with E-state index >= 15 is 0 Å². The van der Waals surface area contributed by atoms with Gasteiger partial charge in [0.05, 0.1) is 7.11 Å². The van der Waals surface area contributed by atoms with Gasteiger partial charge in [-0.15, -0.1) is 0 Å². The molecule has 0 N–H and O–H groups in total. The fourth-order valence-electron chi connectivity index (χ4n) is 1.75. The van der Waals surface area contributed by atoms with E-state index in [-0.39, 0.29) is 36.3 Å². The van der Waals surface area contributed by atoms with Gasteiger partial charge in [-0.25, -0.2) is 0 Å². The van der Waals surface area contributed by atoms with Crippen LogP contribution in [0.25, 0.3) is 0 Å². The molecule has 0 bridgehead atoms. The molecule has 17 heavy (non-hydrogen) atoms. The van der Waals surface area contributed by atoms with Gasteiger partial charge >= 0.3 is 5.97 Å². The van der Waals surface area contributed by atoms with E-state index in [0.29, 0.717) is 12.8 Å². The Morgan fingerprint density at radius 1 is 1.06 bits per heavy atom. The Kier molecular flexibility index (Phi) is 8.28. The minimum atomic E-state index is -0.316. The van der Waals surface area contributed by atoms with E-state index in [4.69, 9.17) is 0 Å². The summed E-state index contributed by atoms with van der Waals surface area (Å²) in [6.45, 7) is 3.71. The van der Waals surface area contributed by atoms with Gasteiger partial charge in [0.25, 0.3) is 0 Å². The molecule has 0 rings (SSSR count). The number of hydrogen-bond donors (Lipinski definition) is 0. The van der Waals surface area contributed by atoms with Crippen LogP contribution in [0.15, 0.2) is 0 Å². The molecule has 0 aliphatic rings. The second kappa shape index (κ2) is 8.90. The van der Waals surface area contributed by atoms with Crippen LogP contribution in [0.1, 0.15) is 52.4 Å². The zero-order valence-electron chi connectivity index (χ0n) is 11.0. The zero-order chi connectivity index (χ0) is 13.3. The second-order valence-corrected chi connectivity index (χ2v) is 4.17. The number of ketones is 2. The van der Waals surface area contributed by atoms with Crippen molar-refractivity contribution in [2.75, 3.05) is 7.11 Å². The fraction of sp³-hybridized carbons (Fsp3) is 0.769. The maximum atomic E-state index is 11.5. The van der Waals surface area contributed by atoms with Gasteiger partial charge in [-0.1, -0.05) is 26.7 Å². The van der Waals surface area contributed by atoms with Crippen molar-refractivity contribution in [3.63, 3.8) is 0 Å². The Morgan fingerprint density at radius 2 is 1.71 bits per heavy atom. The Balaban J connectivity index is 4.18. The molecule has 0 amide bonds. The summed E-state index contributed by atoms with van der Waals surface area (Å²) < 4.78 is 4.56. The van der Waals surface area contributed by atoms with Crippen molar-refractivity contribution in [2.45, 2.75) is 52.4 Å². The van der Waals surface area contributed by atoms with Gasteiger partial charge in [0.15, 0.2) is 11.6 Å². The summed E-state index contributed by atoms with van der Waals surface area (Å²) in [5, 5.41) is 0.